The number of aryl methyl sites for hydroxylation is 1. The molecule has 3 nitrogen and oxygen atoms in total. The van der Waals surface area contributed by atoms with Gasteiger partial charge >= 0.3 is 0 Å². The quantitative estimate of drug-likeness (QED) is 0.889. The molecule has 0 aliphatic heterocycles. The highest BCUT2D eigenvalue weighted by atomic mass is 35.5. The number of aliphatic hydroxyl groups excluding tert-OH is 1. The first-order valence-corrected chi connectivity index (χ1v) is 6.84. The molecule has 1 unspecified atom stereocenters. The zero-order valence-electron chi connectivity index (χ0n) is 11.3. The van der Waals surface area contributed by atoms with Crippen molar-refractivity contribution in [1.29, 1.82) is 0 Å². The lowest BCUT2D eigenvalue weighted by Gasteiger charge is -2.15. The lowest BCUT2D eigenvalue weighted by Crippen LogP contribution is -2.12. The minimum atomic E-state index is -0.700. The van der Waals surface area contributed by atoms with Crippen LogP contribution >= 0.6 is 11.6 Å². The topological polar surface area (TPSA) is 55.5 Å². The summed E-state index contributed by atoms with van der Waals surface area (Å²) in [5, 5.41) is 10.2. The van der Waals surface area contributed by atoms with E-state index in [2.05, 4.69) is 0 Å². The summed E-state index contributed by atoms with van der Waals surface area (Å²) in [5.74, 6) is 0.642. The molecule has 0 spiro atoms. The summed E-state index contributed by atoms with van der Waals surface area (Å²) in [6.07, 6.45) is -0.700. The van der Waals surface area contributed by atoms with E-state index >= 15 is 0 Å². The molecule has 2 aromatic rings. The molecule has 0 saturated heterocycles. The van der Waals surface area contributed by atoms with E-state index in [1.165, 1.54) is 0 Å². The van der Waals surface area contributed by atoms with Gasteiger partial charge in [0.25, 0.3) is 0 Å². The highest BCUT2D eigenvalue weighted by Crippen LogP contribution is 2.32. The SMILES string of the molecule is Cc1cc(C(O)CN)cc(Cl)c1OCc1ccccc1. The first-order valence-electron chi connectivity index (χ1n) is 6.46. The Balaban J connectivity index is 2.16. The third-order valence-electron chi connectivity index (χ3n) is 3.09. The van der Waals surface area contributed by atoms with Gasteiger partial charge < -0.3 is 15.6 Å². The van der Waals surface area contributed by atoms with E-state index in [9.17, 15) is 5.11 Å². The van der Waals surface area contributed by atoms with Crippen molar-refractivity contribution in [1.82, 2.24) is 0 Å². The number of ether oxygens (including phenoxy) is 1. The minimum Gasteiger partial charge on any atom is -0.487 e. The summed E-state index contributed by atoms with van der Waals surface area (Å²) in [6.45, 7) is 2.53. The van der Waals surface area contributed by atoms with E-state index in [0.29, 0.717) is 22.9 Å². The smallest absolute Gasteiger partial charge is 0.141 e. The van der Waals surface area contributed by atoms with Crippen LogP contribution in [0.3, 0.4) is 0 Å². The molecule has 0 fully saturated rings. The number of halogens is 1. The fraction of sp³-hybridized carbons (Fsp3) is 0.250. The van der Waals surface area contributed by atoms with Gasteiger partial charge in [-0.25, -0.2) is 0 Å². The van der Waals surface area contributed by atoms with Crippen molar-refractivity contribution in [2.45, 2.75) is 19.6 Å². The van der Waals surface area contributed by atoms with Gasteiger partial charge in [0.15, 0.2) is 0 Å². The first kappa shape index (κ1) is 14.9. The van der Waals surface area contributed by atoms with Crippen molar-refractivity contribution in [2.24, 2.45) is 5.73 Å². The molecule has 106 valence electrons. The Morgan fingerprint density at radius 3 is 2.55 bits per heavy atom. The summed E-state index contributed by atoms with van der Waals surface area (Å²) < 4.78 is 5.78. The number of rotatable bonds is 5. The predicted molar refractivity (Wildman–Crippen MR) is 81.0 cm³/mol. The number of hydrogen-bond donors (Lipinski definition) is 2. The monoisotopic (exact) mass is 291 g/mol. The summed E-state index contributed by atoms with van der Waals surface area (Å²) in [5.41, 5.74) is 8.13. The number of aliphatic hydroxyl groups is 1. The highest BCUT2D eigenvalue weighted by Gasteiger charge is 2.12. The van der Waals surface area contributed by atoms with E-state index < -0.39 is 6.10 Å². The molecule has 4 heteroatoms. The molecule has 20 heavy (non-hydrogen) atoms. The Bertz CT molecular complexity index is 549. The molecule has 0 aliphatic rings. The van der Waals surface area contributed by atoms with Gasteiger partial charge in [-0.05, 0) is 35.7 Å². The average molecular weight is 292 g/mol. The van der Waals surface area contributed by atoms with Crippen LogP contribution in [-0.2, 0) is 6.61 Å². The van der Waals surface area contributed by atoms with E-state index in [4.69, 9.17) is 22.1 Å². The molecule has 0 heterocycles. The minimum absolute atomic E-state index is 0.167. The Kier molecular flexibility index (Phi) is 5.01. The maximum absolute atomic E-state index is 9.75. The Labute approximate surface area is 123 Å². The fourth-order valence-electron chi connectivity index (χ4n) is 2.00. The van der Waals surface area contributed by atoms with E-state index in [-0.39, 0.29) is 6.54 Å². The van der Waals surface area contributed by atoms with E-state index in [1.54, 1.807) is 6.07 Å². The second kappa shape index (κ2) is 6.75. The van der Waals surface area contributed by atoms with Crippen molar-refractivity contribution in [3.63, 3.8) is 0 Å². The van der Waals surface area contributed by atoms with Crippen molar-refractivity contribution < 1.29 is 9.84 Å². The second-order valence-corrected chi connectivity index (χ2v) is 5.08. The van der Waals surface area contributed by atoms with Crippen LogP contribution in [0.5, 0.6) is 5.75 Å². The van der Waals surface area contributed by atoms with Gasteiger partial charge in [-0.1, -0.05) is 41.9 Å². The van der Waals surface area contributed by atoms with Gasteiger partial charge in [-0.15, -0.1) is 0 Å². The van der Waals surface area contributed by atoms with Crippen molar-refractivity contribution in [2.75, 3.05) is 6.54 Å². The van der Waals surface area contributed by atoms with Crippen LogP contribution < -0.4 is 10.5 Å². The molecular formula is C16H18ClNO2. The van der Waals surface area contributed by atoms with Gasteiger partial charge in [0, 0.05) is 6.54 Å². The number of hydrogen-bond acceptors (Lipinski definition) is 3. The zero-order valence-corrected chi connectivity index (χ0v) is 12.1. The van der Waals surface area contributed by atoms with E-state index in [1.807, 2.05) is 43.3 Å². The molecule has 1 atom stereocenters. The largest absolute Gasteiger partial charge is 0.487 e. The molecular weight excluding hydrogens is 274 g/mol. The molecule has 0 aliphatic carbocycles. The van der Waals surface area contributed by atoms with Crippen LogP contribution in [0, 0.1) is 6.92 Å². The molecule has 0 bridgehead atoms. The standard InChI is InChI=1S/C16H18ClNO2/c1-11-7-13(15(19)9-18)8-14(17)16(11)20-10-12-5-3-2-4-6-12/h2-8,15,19H,9-10,18H2,1H3. The van der Waals surface area contributed by atoms with Crippen LogP contribution in [0.4, 0.5) is 0 Å². The van der Waals surface area contributed by atoms with Gasteiger partial charge in [-0.2, -0.15) is 0 Å². The molecule has 0 amide bonds. The van der Waals surface area contributed by atoms with Crippen LogP contribution in [0.15, 0.2) is 42.5 Å². The fourth-order valence-corrected chi connectivity index (χ4v) is 2.33. The van der Waals surface area contributed by atoms with Gasteiger partial charge in [0.2, 0.25) is 0 Å². The highest BCUT2D eigenvalue weighted by molar-refractivity contribution is 6.32. The lowest BCUT2D eigenvalue weighted by molar-refractivity contribution is 0.186. The number of nitrogens with two attached hydrogens (primary N) is 1. The Morgan fingerprint density at radius 1 is 1.25 bits per heavy atom. The Hall–Kier alpha value is -1.55. The lowest BCUT2D eigenvalue weighted by atomic mass is 10.1. The summed E-state index contributed by atoms with van der Waals surface area (Å²) >= 11 is 6.23. The second-order valence-electron chi connectivity index (χ2n) is 4.67. The summed E-state index contributed by atoms with van der Waals surface area (Å²) in [4.78, 5) is 0. The third kappa shape index (κ3) is 3.51. The van der Waals surface area contributed by atoms with Gasteiger partial charge in [0.1, 0.15) is 12.4 Å². The Morgan fingerprint density at radius 2 is 1.95 bits per heavy atom. The first-order chi connectivity index (χ1) is 9.61. The molecule has 2 rings (SSSR count). The maximum atomic E-state index is 9.75. The normalized spacial score (nSPS) is 12.2. The average Bonchev–Trinajstić information content (AvgIpc) is 2.46. The van der Waals surface area contributed by atoms with Crippen molar-refractivity contribution in [3.05, 3.63) is 64.2 Å². The molecule has 0 aromatic heterocycles. The zero-order chi connectivity index (χ0) is 14.5. The maximum Gasteiger partial charge on any atom is 0.141 e. The van der Waals surface area contributed by atoms with Crippen LogP contribution in [0.1, 0.15) is 22.8 Å². The summed E-state index contributed by atoms with van der Waals surface area (Å²) in [6, 6.07) is 13.4. The number of benzene rings is 2. The van der Waals surface area contributed by atoms with Crippen LogP contribution in [0.25, 0.3) is 0 Å². The van der Waals surface area contributed by atoms with Crippen LogP contribution in [0.2, 0.25) is 5.02 Å². The summed E-state index contributed by atoms with van der Waals surface area (Å²) in [7, 11) is 0. The molecule has 0 radical (unpaired) electrons. The molecule has 0 saturated carbocycles. The van der Waals surface area contributed by atoms with Crippen LogP contribution in [-0.4, -0.2) is 11.7 Å². The van der Waals surface area contributed by atoms with E-state index in [0.717, 1.165) is 11.1 Å². The van der Waals surface area contributed by atoms with Gasteiger partial charge in [-0.3, -0.25) is 0 Å². The third-order valence-corrected chi connectivity index (χ3v) is 3.37. The molecule has 2 aromatic carbocycles. The molecule has 3 N–H and O–H groups in total. The van der Waals surface area contributed by atoms with Crippen molar-refractivity contribution in [3.8, 4) is 5.75 Å². The van der Waals surface area contributed by atoms with Gasteiger partial charge in [0.05, 0.1) is 11.1 Å². The predicted octanol–water partition coefficient (Wildman–Crippen LogP) is 3.22. The van der Waals surface area contributed by atoms with Crippen molar-refractivity contribution >= 4 is 11.6 Å².